The number of halogens is 1. The van der Waals surface area contributed by atoms with E-state index in [0.29, 0.717) is 28.6 Å². The first-order valence-electron chi connectivity index (χ1n) is 16.5. The lowest BCUT2D eigenvalue weighted by Crippen LogP contribution is -2.53. The maximum Gasteiger partial charge on any atom is 0.264 e. The number of rotatable bonds is 16. The molecule has 0 spiro atoms. The number of para-hydroxylation sites is 1. The summed E-state index contributed by atoms with van der Waals surface area (Å²) in [5.74, 6) is 0.248. The molecule has 10 heteroatoms. The van der Waals surface area contributed by atoms with E-state index in [2.05, 4.69) is 5.32 Å². The van der Waals surface area contributed by atoms with Gasteiger partial charge in [-0.1, -0.05) is 104 Å². The van der Waals surface area contributed by atoms with E-state index in [1.165, 1.54) is 17.0 Å². The highest BCUT2D eigenvalue weighted by atomic mass is 35.5. The highest BCUT2D eigenvalue weighted by Gasteiger charge is 2.34. The van der Waals surface area contributed by atoms with E-state index in [0.717, 1.165) is 22.7 Å². The van der Waals surface area contributed by atoms with Crippen LogP contribution in [0.4, 0.5) is 5.69 Å². The molecule has 0 heterocycles. The molecule has 2 amide bonds. The number of amides is 2. The quantitative estimate of drug-likeness (QED) is 0.105. The van der Waals surface area contributed by atoms with Crippen LogP contribution < -0.4 is 14.4 Å². The van der Waals surface area contributed by atoms with E-state index in [4.69, 9.17) is 16.3 Å². The first-order valence-corrected chi connectivity index (χ1v) is 18.3. The molecular weight excluding hydrogens is 670 g/mol. The van der Waals surface area contributed by atoms with E-state index in [9.17, 15) is 18.0 Å². The second-order valence-corrected chi connectivity index (χ2v) is 14.0. The van der Waals surface area contributed by atoms with Crippen LogP contribution in [0.2, 0.25) is 5.02 Å². The predicted molar refractivity (Wildman–Crippen MR) is 198 cm³/mol. The van der Waals surface area contributed by atoms with Crippen molar-refractivity contribution in [3.8, 4) is 11.5 Å². The van der Waals surface area contributed by atoms with Gasteiger partial charge in [-0.25, -0.2) is 8.42 Å². The molecule has 0 aliphatic heterocycles. The number of carbonyl (C=O) groups is 2. The largest absolute Gasteiger partial charge is 0.457 e. The van der Waals surface area contributed by atoms with Crippen molar-refractivity contribution in [2.45, 2.75) is 43.7 Å². The Balaban J connectivity index is 1.54. The molecule has 5 aromatic rings. The normalized spacial score (nSPS) is 11.7. The van der Waals surface area contributed by atoms with E-state index >= 15 is 0 Å². The summed E-state index contributed by atoms with van der Waals surface area (Å²) in [6.45, 7) is 1.95. The molecule has 0 radical (unpaired) electrons. The first-order chi connectivity index (χ1) is 24.2. The molecular formula is C40H40ClN3O5S. The van der Waals surface area contributed by atoms with Crippen molar-refractivity contribution < 1.29 is 22.7 Å². The lowest BCUT2D eigenvalue weighted by Gasteiger charge is -2.34. The Kier molecular flexibility index (Phi) is 12.7. The summed E-state index contributed by atoms with van der Waals surface area (Å²) < 4.78 is 35.5. The van der Waals surface area contributed by atoms with Gasteiger partial charge in [0, 0.05) is 24.5 Å². The van der Waals surface area contributed by atoms with Gasteiger partial charge in [-0.2, -0.15) is 0 Å². The predicted octanol–water partition coefficient (Wildman–Crippen LogP) is 7.88. The van der Waals surface area contributed by atoms with Gasteiger partial charge in [0.2, 0.25) is 11.8 Å². The second kappa shape index (κ2) is 17.5. The van der Waals surface area contributed by atoms with Crippen LogP contribution in [0.15, 0.2) is 144 Å². The summed E-state index contributed by atoms with van der Waals surface area (Å²) in [6.07, 6.45) is 1.89. The number of ether oxygens (including phenoxy) is 1. The molecule has 0 aliphatic carbocycles. The van der Waals surface area contributed by atoms with Crippen molar-refractivity contribution in [2.75, 3.05) is 17.4 Å². The van der Waals surface area contributed by atoms with Crippen molar-refractivity contribution >= 4 is 39.1 Å². The van der Waals surface area contributed by atoms with Gasteiger partial charge in [0.15, 0.2) is 0 Å². The average Bonchev–Trinajstić information content (AvgIpc) is 3.13. The minimum absolute atomic E-state index is 0.0250. The summed E-state index contributed by atoms with van der Waals surface area (Å²) in [5.41, 5.74) is 1.82. The van der Waals surface area contributed by atoms with Gasteiger partial charge < -0.3 is 15.0 Å². The standard InChI is InChI=1S/C40H40ClN3O5S/c1-2-3-26-42-40(46)38(28-31-14-7-4-8-15-31)43(29-32-16-13-17-33(41)27-32)39(45)30-44(50(47,48)37-20-11-6-12-21-37)34-22-24-36(25-23-34)49-35-18-9-5-10-19-35/h4-25,27,38H,2-3,26,28-30H2,1H3,(H,42,46)/t38-/m0/s1. The molecule has 0 aromatic heterocycles. The summed E-state index contributed by atoms with van der Waals surface area (Å²) >= 11 is 6.34. The summed E-state index contributed by atoms with van der Waals surface area (Å²) in [6, 6.07) is 39.3. The zero-order valence-electron chi connectivity index (χ0n) is 27.8. The van der Waals surface area contributed by atoms with Gasteiger partial charge in [-0.05, 0) is 78.2 Å². The third-order valence-corrected chi connectivity index (χ3v) is 10.1. The number of hydrogen-bond acceptors (Lipinski definition) is 5. The molecule has 0 bridgehead atoms. The molecule has 5 aromatic carbocycles. The van der Waals surface area contributed by atoms with Crippen molar-refractivity contribution in [2.24, 2.45) is 0 Å². The van der Waals surface area contributed by atoms with Gasteiger partial charge in [-0.15, -0.1) is 0 Å². The van der Waals surface area contributed by atoms with Gasteiger partial charge in [0.05, 0.1) is 10.6 Å². The number of nitrogens with zero attached hydrogens (tertiary/aromatic N) is 2. The third-order valence-electron chi connectivity index (χ3n) is 8.06. The number of anilines is 1. The fourth-order valence-electron chi connectivity index (χ4n) is 5.45. The Labute approximate surface area is 299 Å². The van der Waals surface area contributed by atoms with Crippen LogP contribution in [0.25, 0.3) is 0 Å². The van der Waals surface area contributed by atoms with E-state index < -0.39 is 28.5 Å². The van der Waals surface area contributed by atoms with Crippen molar-refractivity contribution in [1.29, 1.82) is 0 Å². The van der Waals surface area contributed by atoms with Gasteiger partial charge in [0.25, 0.3) is 10.0 Å². The monoisotopic (exact) mass is 709 g/mol. The van der Waals surface area contributed by atoms with Gasteiger partial charge in [-0.3, -0.25) is 13.9 Å². The minimum Gasteiger partial charge on any atom is -0.457 e. The SMILES string of the molecule is CCCCNC(=O)[C@H](Cc1ccccc1)N(Cc1cccc(Cl)c1)C(=O)CN(c1ccc(Oc2ccccc2)cc1)S(=O)(=O)c1ccccc1. The zero-order valence-corrected chi connectivity index (χ0v) is 29.4. The number of sulfonamides is 1. The lowest BCUT2D eigenvalue weighted by molar-refractivity contribution is -0.140. The maximum atomic E-state index is 14.7. The molecule has 258 valence electrons. The van der Waals surface area contributed by atoms with E-state index in [1.54, 1.807) is 60.7 Å². The van der Waals surface area contributed by atoms with E-state index in [1.807, 2.05) is 73.7 Å². The lowest BCUT2D eigenvalue weighted by atomic mass is 10.0. The Morgan fingerprint density at radius 3 is 2.00 bits per heavy atom. The van der Waals surface area contributed by atoms with Gasteiger partial charge >= 0.3 is 0 Å². The average molecular weight is 710 g/mol. The molecule has 8 nitrogen and oxygen atoms in total. The van der Waals surface area contributed by atoms with E-state index in [-0.39, 0.29) is 29.5 Å². The number of benzene rings is 5. The van der Waals surface area contributed by atoms with Crippen LogP contribution >= 0.6 is 11.6 Å². The Morgan fingerprint density at radius 2 is 1.36 bits per heavy atom. The molecule has 0 fully saturated rings. The highest BCUT2D eigenvalue weighted by Crippen LogP contribution is 2.29. The summed E-state index contributed by atoms with van der Waals surface area (Å²) in [5, 5.41) is 3.48. The minimum atomic E-state index is -4.23. The number of carbonyl (C=O) groups excluding carboxylic acids is 2. The molecule has 0 aliphatic rings. The van der Waals surface area contributed by atoms with Crippen molar-refractivity contribution in [3.05, 3.63) is 156 Å². The molecule has 0 saturated carbocycles. The van der Waals surface area contributed by atoms with Crippen LogP contribution in [0.5, 0.6) is 11.5 Å². The Bertz CT molecular complexity index is 1940. The number of hydrogen-bond donors (Lipinski definition) is 1. The molecule has 0 saturated heterocycles. The molecule has 1 N–H and O–H groups in total. The van der Waals surface area contributed by atoms with Crippen LogP contribution in [0.1, 0.15) is 30.9 Å². The van der Waals surface area contributed by atoms with Crippen LogP contribution in [-0.2, 0) is 32.6 Å². The molecule has 5 rings (SSSR count). The maximum absolute atomic E-state index is 14.7. The highest BCUT2D eigenvalue weighted by molar-refractivity contribution is 7.92. The van der Waals surface area contributed by atoms with Crippen LogP contribution in [0, 0.1) is 0 Å². The van der Waals surface area contributed by atoms with Crippen molar-refractivity contribution in [1.82, 2.24) is 10.2 Å². The molecule has 50 heavy (non-hydrogen) atoms. The van der Waals surface area contributed by atoms with Crippen molar-refractivity contribution in [3.63, 3.8) is 0 Å². The molecule has 0 unspecified atom stereocenters. The smallest absolute Gasteiger partial charge is 0.264 e. The third kappa shape index (κ3) is 9.74. The number of nitrogens with one attached hydrogen (secondary N) is 1. The fraction of sp³-hybridized carbons (Fsp3) is 0.200. The van der Waals surface area contributed by atoms with Crippen LogP contribution in [-0.4, -0.2) is 44.3 Å². The summed E-state index contributed by atoms with van der Waals surface area (Å²) in [4.78, 5) is 30.0. The first kappa shape index (κ1) is 36.2. The summed E-state index contributed by atoms with van der Waals surface area (Å²) in [7, 11) is -4.23. The van der Waals surface area contributed by atoms with Gasteiger partial charge in [0.1, 0.15) is 24.1 Å². The Hall–Kier alpha value is -5.12. The van der Waals surface area contributed by atoms with Crippen LogP contribution in [0.3, 0.4) is 0 Å². The number of unbranched alkanes of at least 4 members (excludes halogenated alkanes) is 1. The molecule has 1 atom stereocenters. The zero-order chi connectivity index (χ0) is 35.3. The topological polar surface area (TPSA) is 96.0 Å². The second-order valence-electron chi connectivity index (χ2n) is 11.7. The Morgan fingerprint density at radius 1 is 0.760 bits per heavy atom. The fourth-order valence-corrected chi connectivity index (χ4v) is 7.09.